The van der Waals surface area contributed by atoms with Crippen LogP contribution in [0.3, 0.4) is 0 Å². The first-order valence-corrected chi connectivity index (χ1v) is 10.5. The topological polar surface area (TPSA) is 48.1 Å². The van der Waals surface area contributed by atoms with E-state index in [1.807, 2.05) is 18.2 Å². The van der Waals surface area contributed by atoms with Crippen LogP contribution in [0, 0.1) is 0 Å². The van der Waals surface area contributed by atoms with Crippen LogP contribution in [0.15, 0.2) is 30.3 Å². The van der Waals surface area contributed by atoms with Crippen LogP contribution >= 0.6 is 0 Å². The fourth-order valence-corrected chi connectivity index (χ4v) is 3.28. The minimum atomic E-state index is 0.800. The van der Waals surface area contributed by atoms with Gasteiger partial charge in [-0.2, -0.15) is 0 Å². The molecule has 144 valence electrons. The van der Waals surface area contributed by atoms with Crippen LogP contribution < -0.4 is 5.73 Å². The van der Waals surface area contributed by atoms with E-state index in [4.69, 9.17) is 15.5 Å². The molecular formula is C23H36N2O. The summed E-state index contributed by atoms with van der Waals surface area (Å²) in [5, 5.41) is 1.13. The molecule has 0 unspecified atom stereocenters. The van der Waals surface area contributed by atoms with Gasteiger partial charge in [-0.05, 0) is 49.9 Å². The highest BCUT2D eigenvalue weighted by molar-refractivity contribution is 5.81. The first kappa shape index (κ1) is 20.7. The van der Waals surface area contributed by atoms with Crippen molar-refractivity contribution in [1.82, 2.24) is 4.98 Å². The fourth-order valence-electron chi connectivity index (χ4n) is 3.28. The van der Waals surface area contributed by atoms with Crippen molar-refractivity contribution in [2.45, 2.75) is 77.6 Å². The van der Waals surface area contributed by atoms with Crippen molar-refractivity contribution in [1.29, 1.82) is 0 Å². The van der Waals surface area contributed by atoms with Gasteiger partial charge >= 0.3 is 0 Å². The molecule has 1 heterocycles. The van der Waals surface area contributed by atoms with E-state index in [1.165, 1.54) is 69.9 Å². The molecule has 0 saturated heterocycles. The molecule has 26 heavy (non-hydrogen) atoms. The predicted octanol–water partition coefficient (Wildman–Crippen LogP) is 6.30. The summed E-state index contributed by atoms with van der Waals surface area (Å²) in [5.74, 6) is 0. The van der Waals surface area contributed by atoms with E-state index in [2.05, 4.69) is 19.1 Å². The Kier molecular flexibility index (Phi) is 10.1. The van der Waals surface area contributed by atoms with Gasteiger partial charge in [0.2, 0.25) is 0 Å². The van der Waals surface area contributed by atoms with Crippen LogP contribution in [0.25, 0.3) is 10.9 Å². The minimum absolute atomic E-state index is 0.800. The van der Waals surface area contributed by atoms with Crippen molar-refractivity contribution in [2.75, 3.05) is 18.9 Å². The van der Waals surface area contributed by atoms with Crippen molar-refractivity contribution < 1.29 is 4.74 Å². The second-order valence-electron chi connectivity index (χ2n) is 7.30. The minimum Gasteiger partial charge on any atom is -0.399 e. The van der Waals surface area contributed by atoms with E-state index in [1.54, 1.807) is 0 Å². The van der Waals surface area contributed by atoms with Crippen LogP contribution in [0.5, 0.6) is 0 Å². The number of pyridine rings is 1. The quantitative estimate of drug-likeness (QED) is 0.319. The second kappa shape index (κ2) is 12.7. The van der Waals surface area contributed by atoms with Gasteiger partial charge in [0, 0.05) is 30.0 Å². The molecule has 0 bridgehead atoms. The second-order valence-corrected chi connectivity index (χ2v) is 7.30. The lowest BCUT2D eigenvalue weighted by molar-refractivity contribution is 0.125. The van der Waals surface area contributed by atoms with Gasteiger partial charge in [-0.1, -0.05) is 57.9 Å². The Morgan fingerprint density at radius 1 is 0.808 bits per heavy atom. The number of benzene rings is 1. The molecule has 0 amide bonds. The molecule has 2 N–H and O–H groups in total. The molecule has 1 aromatic heterocycles. The third kappa shape index (κ3) is 8.18. The molecule has 0 fully saturated rings. The SMILES string of the molecule is CCCCCCOCCCCCCCCc1ccc2cc(N)ccc2n1. The Hall–Kier alpha value is -1.61. The Bertz CT molecular complexity index is 627. The summed E-state index contributed by atoms with van der Waals surface area (Å²) in [5.41, 5.74) is 8.86. The molecule has 1 aromatic carbocycles. The van der Waals surface area contributed by atoms with Crippen molar-refractivity contribution in [2.24, 2.45) is 0 Å². The van der Waals surface area contributed by atoms with Crippen LogP contribution in [-0.2, 0) is 11.2 Å². The molecule has 3 nitrogen and oxygen atoms in total. The van der Waals surface area contributed by atoms with Gasteiger partial charge in [-0.15, -0.1) is 0 Å². The number of fused-ring (bicyclic) bond motifs is 1. The number of ether oxygens (including phenoxy) is 1. The number of unbranched alkanes of at least 4 members (excludes halogenated alkanes) is 8. The predicted molar refractivity (Wildman–Crippen MR) is 113 cm³/mol. The fraction of sp³-hybridized carbons (Fsp3) is 0.609. The van der Waals surface area contributed by atoms with Crippen molar-refractivity contribution in [3.63, 3.8) is 0 Å². The summed E-state index contributed by atoms with van der Waals surface area (Å²) < 4.78 is 5.69. The number of aryl methyl sites for hydroxylation is 1. The van der Waals surface area contributed by atoms with E-state index in [9.17, 15) is 0 Å². The van der Waals surface area contributed by atoms with E-state index < -0.39 is 0 Å². The lowest BCUT2D eigenvalue weighted by atomic mass is 10.1. The number of nitrogens with two attached hydrogens (primary N) is 1. The molecular weight excluding hydrogens is 320 g/mol. The van der Waals surface area contributed by atoms with Crippen molar-refractivity contribution in [3.05, 3.63) is 36.0 Å². The number of nitrogen functional groups attached to an aromatic ring is 1. The maximum atomic E-state index is 5.82. The summed E-state index contributed by atoms with van der Waals surface area (Å²) in [7, 11) is 0. The molecule has 2 rings (SSSR count). The third-order valence-electron chi connectivity index (χ3n) is 4.88. The Morgan fingerprint density at radius 3 is 2.27 bits per heavy atom. The molecule has 0 radical (unpaired) electrons. The summed E-state index contributed by atoms with van der Waals surface area (Å²) in [6, 6.07) is 10.2. The van der Waals surface area contributed by atoms with E-state index in [-0.39, 0.29) is 0 Å². The van der Waals surface area contributed by atoms with Crippen LogP contribution in [0.4, 0.5) is 5.69 Å². The maximum Gasteiger partial charge on any atom is 0.0706 e. The van der Waals surface area contributed by atoms with Gasteiger partial charge in [0.15, 0.2) is 0 Å². The zero-order valence-electron chi connectivity index (χ0n) is 16.5. The molecule has 0 saturated carbocycles. The van der Waals surface area contributed by atoms with Gasteiger partial charge < -0.3 is 10.5 Å². The van der Waals surface area contributed by atoms with E-state index in [0.717, 1.165) is 36.2 Å². The monoisotopic (exact) mass is 356 g/mol. The van der Waals surface area contributed by atoms with E-state index >= 15 is 0 Å². The summed E-state index contributed by atoms with van der Waals surface area (Å²) in [6.07, 6.45) is 13.9. The average molecular weight is 357 g/mol. The van der Waals surface area contributed by atoms with Crippen LogP contribution in [-0.4, -0.2) is 18.2 Å². The van der Waals surface area contributed by atoms with Crippen molar-refractivity contribution >= 4 is 16.6 Å². The molecule has 0 spiro atoms. The first-order chi connectivity index (χ1) is 12.8. The van der Waals surface area contributed by atoms with Gasteiger partial charge in [-0.3, -0.25) is 4.98 Å². The van der Waals surface area contributed by atoms with Crippen molar-refractivity contribution in [3.8, 4) is 0 Å². The Morgan fingerprint density at radius 2 is 1.50 bits per heavy atom. The summed E-state index contributed by atoms with van der Waals surface area (Å²) >= 11 is 0. The van der Waals surface area contributed by atoms with Gasteiger partial charge in [0.05, 0.1) is 5.52 Å². The number of aromatic nitrogens is 1. The molecule has 3 heteroatoms. The van der Waals surface area contributed by atoms with Crippen LogP contribution in [0.1, 0.15) is 76.8 Å². The molecule has 0 atom stereocenters. The van der Waals surface area contributed by atoms with Crippen LogP contribution in [0.2, 0.25) is 0 Å². The van der Waals surface area contributed by atoms with Gasteiger partial charge in [0.1, 0.15) is 0 Å². The summed E-state index contributed by atoms with van der Waals surface area (Å²) in [6.45, 7) is 4.14. The smallest absolute Gasteiger partial charge is 0.0706 e. The van der Waals surface area contributed by atoms with E-state index in [0.29, 0.717) is 0 Å². The maximum absolute atomic E-state index is 5.82. The lowest BCUT2D eigenvalue weighted by Crippen LogP contribution is -1.97. The van der Waals surface area contributed by atoms with Gasteiger partial charge in [0.25, 0.3) is 0 Å². The van der Waals surface area contributed by atoms with Gasteiger partial charge in [-0.25, -0.2) is 0 Å². The number of hydrogen-bond donors (Lipinski definition) is 1. The third-order valence-corrected chi connectivity index (χ3v) is 4.88. The first-order valence-electron chi connectivity index (χ1n) is 10.5. The summed E-state index contributed by atoms with van der Waals surface area (Å²) in [4.78, 5) is 4.74. The Labute approximate surface area is 159 Å². The highest BCUT2D eigenvalue weighted by Gasteiger charge is 2.00. The normalized spacial score (nSPS) is 11.3. The number of anilines is 1. The molecule has 0 aliphatic carbocycles. The zero-order valence-corrected chi connectivity index (χ0v) is 16.5. The lowest BCUT2D eigenvalue weighted by Gasteiger charge is -2.05. The Balaban J connectivity index is 1.46. The number of nitrogens with zero attached hydrogens (tertiary/aromatic N) is 1. The number of rotatable bonds is 14. The molecule has 0 aliphatic rings. The largest absolute Gasteiger partial charge is 0.399 e. The molecule has 2 aromatic rings. The molecule has 0 aliphatic heterocycles. The highest BCUT2D eigenvalue weighted by Crippen LogP contribution is 2.17. The number of hydrogen-bond acceptors (Lipinski definition) is 3. The zero-order chi connectivity index (χ0) is 18.5. The standard InChI is InChI=1S/C23H36N2O/c1-2-3-4-10-17-26-18-11-8-6-5-7-9-12-22-15-13-20-19-21(24)14-16-23(20)25-22/h13-16,19H,2-12,17-18,24H2,1H3. The average Bonchev–Trinajstić information content (AvgIpc) is 2.65. The highest BCUT2D eigenvalue weighted by atomic mass is 16.5.